The number of hydrogen-bond acceptors (Lipinski definition) is 5. The summed E-state index contributed by atoms with van der Waals surface area (Å²) >= 11 is 5.89. The summed E-state index contributed by atoms with van der Waals surface area (Å²) in [7, 11) is 0. The molecule has 7 nitrogen and oxygen atoms in total. The quantitative estimate of drug-likeness (QED) is 0.678. The van der Waals surface area contributed by atoms with Crippen molar-refractivity contribution < 1.29 is 19.2 Å². The Labute approximate surface area is 162 Å². The van der Waals surface area contributed by atoms with Crippen molar-refractivity contribution in [2.24, 2.45) is 0 Å². The van der Waals surface area contributed by atoms with Crippen LogP contribution < -0.4 is 5.32 Å². The topological polar surface area (TPSA) is 105 Å². The molecular weight excluding hydrogens is 370 g/mol. The Morgan fingerprint density at radius 1 is 1.33 bits per heavy atom. The first-order valence-corrected chi connectivity index (χ1v) is 9.45. The number of carbonyl (C=O) groups excluding carboxylic acids is 1. The second kappa shape index (κ2) is 8.08. The van der Waals surface area contributed by atoms with Gasteiger partial charge in [-0.05, 0) is 43.4 Å². The summed E-state index contributed by atoms with van der Waals surface area (Å²) in [5, 5.41) is 16.9. The fourth-order valence-corrected chi connectivity index (χ4v) is 3.13. The van der Waals surface area contributed by atoms with Gasteiger partial charge in [0.1, 0.15) is 0 Å². The van der Waals surface area contributed by atoms with Gasteiger partial charge in [-0.25, -0.2) is 4.79 Å². The van der Waals surface area contributed by atoms with Crippen LogP contribution in [0.4, 0.5) is 0 Å². The number of nitrogens with zero attached hydrogens (tertiary/aromatic N) is 2. The fraction of sp³-hybridized carbons (Fsp3) is 0.474. The first-order valence-electron chi connectivity index (χ1n) is 9.07. The molecule has 8 heteroatoms. The van der Waals surface area contributed by atoms with E-state index in [1.807, 2.05) is 0 Å². The SMILES string of the molecule is CCC(NC(=O)CCCc1nc(C2CC2)no1)(C(=O)O)c1ccc(Cl)cc1. The molecule has 1 saturated carbocycles. The van der Waals surface area contributed by atoms with Crippen molar-refractivity contribution in [3.8, 4) is 0 Å². The molecule has 27 heavy (non-hydrogen) atoms. The van der Waals surface area contributed by atoms with E-state index in [2.05, 4.69) is 15.5 Å². The smallest absolute Gasteiger partial charge is 0.334 e. The Bertz CT molecular complexity index is 817. The molecule has 1 fully saturated rings. The molecule has 0 radical (unpaired) electrons. The maximum atomic E-state index is 12.4. The van der Waals surface area contributed by atoms with Gasteiger partial charge in [0.15, 0.2) is 11.4 Å². The number of carboxylic acids is 1. The minimum Gasteiger partial charge on any atom is -0.479 e. The van der Waals surface area contributed by atoms with E-state index >= 15 is 0 Å². The molecule has 1 aromatic carbocycles. The summed E-state index contributed by atoms with van der Waals surface area (Å²) in [6.45, 7) is 1.72. The lowest BCUT2D eigenvalue weighted by atomic mass is 9.87. The molecule has 1 amide bonds. The molecule has 1 aromatic heterocycles. The molecule has 1 unspecified atom stereocenters. The van der Waals surface area contributed by atoms with E-state index in [1.54, 1.807) is 31.2 Å². The molecule has 0 spiro atoms. The molecular formula is C19H22ClN3O4. The van der Waals surface area contributed by atoms with Crippen LogP contribution in [0, 0.1) is 0 Å². The minimum atomic E-state index is -1.48. The van der Waals surface area contributed by atoms with Gasteiger partial charge in [-0.2, -0.15) is 4.98 Å². The minimum absolute atomic E-state index is 0.170. The first-order chi connectivity index (χ1) is 12.9. The number of aromatic nitrogens is 2. The first kappa shape index (κ1) is 19.4. The van der Waals surface area contributed by atoms with Gasteiger partial charge in [-0.1, -0.05) is 35.8 Å². The molecule has 0 saturated heterocycles. The molecule has 1 aliphatic rings. The van der Waals surface area contributed by atoms with Crippen LogP contribution >= 0.6 is 11.6 Å². The van der Waals surface area contributed by atoms with E-state index in [9.17, 15) is 14.7 Å². The normalized spacial score (nSPS) is 15.9. The largest absolute Gasteiger partial charge is 0.479 e. The number of aryl methyl sites for hydroxylation is 1. The van der Waals surface area contributed by atoms with Gasteiger partial charge in [0, 0.05) is 23.8 Å². The van der Waals surface area contributed by atoms with Crippen LogP contribution in [-0.4, -0.2) is 27.1 Å². The number of hydrogen-bond donors (Lipinski definition) is 2. The molecule has 0 bridgehead atoms. The monoisotopic (exact) mass is 391 g/mol. The van der Waals surface area contributed by atoms with Crippen molar-refractivity contribution in [3.63, 3.8) is 0 Å². The fourth-order valence-electron chi connectivity index (χ4n) is 3.00. The van der Waals surface area contributed by atoms with Crippen molar-refractivity contribution in [2.75, 3.05) is 0 Å². The highest BCUT2D eigenvalue weighted by Gasteiger charge is 2.40. The number of carboxylic acid groups (broad SMARTS) is 1. The van der Waals surface area contributed by atoms with Gasteiger partial charge in [-0.15, -0.1) is 0 Å². The second-order valence-corrected chi connectivity index (χ2v) is 7.23. The van der Waals surface area contributed by atoms with Gasteiger partial charge in [0.05, 0.1) is 0 Å². The van der Waals surface area contributed by atoms with Gasteiger partial charge in [0.25, 0.3) is 0 Å². The van der Waals surface area contributed by atoms with E-state index in [0.29, 0.717) is 35.2 Å². The summed E-state index contributed by atoms with van der Waals surface area (Å²) in [5.41, 5.74) is -0.994. The highest BCUT2D eigenvalue weighted by molar-refractivity contribution is 6.30. The molecule has 2 N–H and O–H groups in total. The summed E-state index contributed by atoms with van der Waals surface area (Å²) in [4.78, 5) is 28.7. The molecule has 2 aromatic rings. The van der Waals surface area contributed by atoms with Crippen molar-refractivity contribution >= 4 is 23.5 Å². The van der Waals surface area contributed by atoms with Crippen LogP contribution in [0.15, 0.2) is 28.8 Å². The Balaban J connectivity index is 1.60. The maximum Gasteiger partial charge on any atom is 0.334 e. The van der Waals surface area contributed by atoms with Gasteiger partial charge in [-0.3, -0.25) is 4.79 Å². The van der Waals surface area contributed by atoms with Crippen LogP contribution in [0.2, 0.25) is 5.02 Å². The Hall–Kier alpha value is -2.41. The molecule has 1 heterocycles. The van der Waals surface area contributed by atoms with Crippen LogP contribution in [0.3, 0.4) is 0 Å². The summed E-state index contributed by atoms with van der Waals surface area (Å²) < 4.78 is 5.19. The van der Waals surface area contributed by atoms with Crippen LogP contribution in [0.5, 0.6) is 0 Å². The molecule has 144 valence electrons. The number of benzene rings is 1. The lowest BCUT2D eigenvalue weighted by Crippen LogP contribution is -2.51. The van der Waals surface area contributed by atoms with Crippen molar-refractivity contribution in [1.82, 2.24) is 15.5 Å². The standard InChI is InChI=1S/C19H22ClN3O4/c1-2-19(18(25)26,13-8-10-14(20)11-9-13)22-15(24)4-3-5-16-21-17(23-27-16)12-6-7-12/h8-12H,2-7H2,1H3,(H,22,24)(H,25,26). The summed E-state index contributed by atoms with van der Waals surface area (Å²) in [5.74, 6) is 0.240. The number of rotatable bonds is 9. The Kier molecular flexibility index (Phi) is 5.79. The molecule has 1 aliphatic carbocycles. The summed E-state index contributed by atoms with van der Waals surface area (Å²) in [6, 6.07) is 6.48. The Morgan fingerprint density at radius 3 is 2.63 bits per heavy atom. The third kappa shape index (κ3) is 4.47. The average Bonchev–Trinajstić information content (AvgIpc) is 3.39. The predicted molar refractivity (Wildman–Crippen MR) is 98.4 cm³/mol. The van der Waals surface area contributed by atoms with Gasteiger partial charge < -0.3 is 14.9 Å². The van der Waals surface area contributed by atoms with E-state index < -0.39 is 11.5 Å². The lowest BCUT2D eigenvalue weighted by molar-refractivity contribution is -0.148. The lowest BCUT2D eigenvalue weighted by Gasteiger charge is -2.30. The van der Waals surface area contributed by atoms with E-state index in [-0.39, 0.29) is 18.7 Å². The van der Waals surface area contributed by atoms with Crippen LogP contribution in [-0.2, 0) is 21.5 Å². The number of amides is 1. The van der Waals surface area contributed by atoms with E-state index in [1.165, 1.54) is 0 Å². The zero-order valence-corrected chi connectivity index (χ0v) is 15.8. The Morgan fingerprint density at radius 2 is 2.04 bits per heavy atom. The van der Waals surface area contributed by atoms with E-state index in [4.69, 9.17) is 16.1 Å². The predicted octanol–water partition coefficient (Wildman–Crippen LogP) is 3.43. The number of carbonyl (C=O) groups is 2. The van der Waals surface area contributed by atoms with Crippen molar-refractivity contribution in [3.05, 3.63) is 46.6 Å². The molecule has 0 aliphatic heterocycles. The third-order valence-corrected chi connectivity index (χ3v) is 5.06. The van der Waals surface area contributed by atoms with Crippen LogP contribution in [0.1, 0.15) is 62.2 Å². The zero-order chi connectivity index (χ0) is 19.4. The van der Waals surface area contributed by atoms with Gasteiger partial charge >= 0.3 is 5.97 Å². The molecule has 1 atom stereocenters. The zero-order valence-electron chi connectivity index (χ0n) is 15.1. The number of halogens is 1. The number of nitrogens with one attached hydrogen (secondary N) is 1. The van der Waals surface area contributed by atoms with E-state index in [0.717, 1.165) is 18.7 Å². The van der Waals surface area contributed by atoms with Crippen LogP contribution in [0.25, 0.3) is 0 Å². The van der Waals surface area contributed by atoms with Crippen molar-refractivity contribution in [2.45, 2.75) is 56.9 Å². The second-order valence-electron chi connectivity index (χ2n) is 6.79. The highest BCUT2D eigenvalue weighted by atomic mass is 35.5. The highest BCUT2D eigenvalue weighted by Crippen LogP contribution is 2.38. The number of aliphatic carboxylic acids is 1. The van der Waals surface area contributed by atoms with Gasteiger partial charge in [0.2, 0.25) is 11.8 Å². The third-order valence-electron chi connectivity index (χ3n) is 4.81. The molecule has 3 rings (SSSR count). The summed E-state index contributed by atoms with van der Waals surface area (Å²) in [6.07, 6.45) is 3.56. The maximum absolute atomic E-state index is 12.4. The van der Waals surface area contributed by atoms with Crippen molar-refractivity contribution in [1.29, 1.82) is 0 Å². The average molecular weight is 392 g/mol.